The van der Waals surface area contributed by atoms with Gasteiger partial charge in [-0.1, -0.05) is 46.3 Å². The lowest BCUT2D eigenvalue weighted by atomic mass is 10.1. The van der Waals surface area contributed by atoms with Gasteiger partial charge in [0, 0.05) is 16.6 Å². The fraction of sp³-hybridized carbons (Fsp3) is 0.435. The highest BCUT2D eigenvalue weighted by molar-refractivity contribution is 9.10. The molecule has 5 nitrogen and oxygen atoms in total. The maximum atomic E-state index is 12.0. The van der Waals surface area contributed by atoms with Crippen LogP contribution in [-0.2, 0) is 17.8 Å². The smallest absolute Gasteiger partial charge is 0.258 e. The molecule has 0 fully saturated rings. The van der Waals surface area contributed by atoms with E-state index in [9.17, 15) is 4.79 Å². The van der Waals surface area contributed by atoms with Crippen molar-refractivity contribution < 1.29 is 14.3 Å². The first kappa shape index (κ1) is 23.2. The van der Waals surface area contributed by atoms with Crippen LogP contribution in [0.25, 0.3) is 0 Å². The molecule has 0 saturated heterocycles. The van der Waals surface area contributed by atoms with E-state index in [0.29, 0.717) is 24.7 Å². The Morgan fingerprint density at radius 2 is 1.76 bits per heavy atom. The molecule has 0 aromatic heterocycles. The predicted molar refractivity (Wildman–Crippen MR) is 121 cm³/mol. The molecule has 158 valence electrons. The zero-order valence-corrected chi connectivity index (χ0v) is 19.3. The van der Waals surface area contributed by atoms with E-state index in [1.165, 1.54) is 5.56 Å². The minimum atomic E-state index is -0.293. The third-order valence-electron chi connectivity index (χ3n) is 4.03. The first-order valence-corrected chi connectivity index (χ1v) is 10.7. The van der Waals surface area contributed by atoms with Gasteiger partial charge >= 0.3 is 0 Å². The van der Waals surface area contributed by atoms with E-state index in [2.05, 4.69) is 50.8 Å². The van der Waals surface area contributed by atoms with Crippen molar-refractivity contribution in [2.45, 2.75) is 46.2 Å². The SMILES string of the molecule is CCOc1cc(CNCCc2ccccc2)c(Br)cc1OCC(=O)NC(C)(C)C. The number of amides is 1. The largest absolute Gasteiger partial charge is 0.490 e. The van der Waals surface area contributed by atoms with Crippen LogP contribution in [-0.4, -0.2) is 31.2 Å². The molecule has 0 saturated carbocycles. The Labute approximate surface area is 182 Å². The number of hydrogen-bond donors (Lipinski definition) is 2. The molecular weight excluding hydrogens is 432 g/mol. The minimum absolute atomic E-state index is 0.0571. The summed E-state index contributed by atoms with van der Waals surface area (Å²) < 4.78 is 12.4. The molecule has 0 bridgehead atoms. The van der Waals surface area contributed by atoms with Gasteiger partial charge in [-0.2, -0.15) is 0 Å². The molecule has 0 aliphatic rings. The summed E-state index contributed by atoms with van der Waals surface area (Å²) >= 11 is 3.61. The summed E-state index contributed by atoms with van der Waals surface area (Å²) in [6.07, 6.45) is 0.973. The number of carbonyl (C=O) groups excluding carboxylic acids is 1. The normalized spacial score (nSPS) is 11.2. The van der Waals surface area contributed by atoms with Crippen molar-refractivity contribution in [1.29, 1.82) is 0 Å². The topological polar surface area (TPSA) is 59.6 Å². The van der Waals surface area contributed by atoms with Gasteiger partial charge in [0.1, 0.15) is 0 Å². The molecule has 0 radical (unpaired) electrons. The van der Waals surface area contributed by atoms with Crippen molar-refractivity contribution in [2.75, 3.05) is 19.8 Å². The van der Waals surface area contributed by atoms with Gasteiger partial charge in [0.15, 0.2) is 18.1 Å². The van der Waals surface area contributed by atoms with Crippen LogP contribution in [0.5, 0.6) is 11.5 Å². The molecule has 2 aromatic rings. The van der Waals surface area contributed by atoms with Crippen LogP contribution >= 0.6 is 15.9 Å². The lowest BCUT2D eigenvalue weighted by Gasteiger charge is -2.21. The van der Waals surface area contributed by atoms with E-state index in [1.54, 1.807) is 0 Å². The van der Waals surface area contributed by atoms with Gasteiger partial charge in [-0.3, -0.25) is 4.79 Å². The summed E-state index contributed by atoms with van der Waals surface area (Å²) in [6.45, 7) is 9.79. The zero-order chi connectivity index (χ0) is 21.3. The Kier molecular flexibility index (Phi) is 8.99. The molecule has 0 aliphatic carbocycles. The van der Waals surface area contributed by atoms with Crippen molar-refractivity contribution in [3.05, 3.63) is 58.1 Å². The average molecular weight is 463 g/mol. The van der Waals surface area contributed by atoms with E-state index in [0.717, 1.165) is 23.0 Å². The fourth-order valence-electron chi connectivity index (χ4n) is 2.79. The van der Waals surface area contributed by atoms with E-state index in [4.69, 9.17) is 9.47 Å². The Balaban J connectivity index is 1.96. The molecular formula is C23H31BrN2O3. The fourth-order valence-corrected chi connectivity index (χ4v) is 3.25. The highest BCUT2D eigenvalue weighted by atomic mass is 79.9. The van der Waals surface area contributed by atoms with Gasteiger partial charge in [0.2, 0.25) is 0 Å². The molecule has 29 heavy (non-hydrogen) atoms. The van der Waals surface area contributed by atoms with Crippen molar-refractivity contribution in [3.8, 4) is 11.5 Å². The molecule has 0 heterocycles. The van der Waals surface area contributed by atoms with E-state index >= 15 is 0 Å². The second kappa shape index (κ2) is 11.2. The third-order valence-corrected chi connectivity index (χ3v) is 4.77. The standard InChI is InChI=1S/C23H31BrN2O3/c1-5-28-20-13-18(15-25-12-11-17-9-7-6-8-10-17)19(24)14-21(20)29-16-22(27)26-23(2,3)4/h6-10,13-14,25H,5,11-12,15-16H2,1-4H3,(H,26,27). The van der Waals surface area contributed by atoms with Gasteiger partial charge in [0.25, 0.3) is 5.91 Å². The molecule has 1 amide bonds. The second-order valence-electron chi connectivity index (χ2n) is 7.82. The third kappa shape index (κ3) is 8.46. The number of ether oxygens (including phenoxy) is 2. The van der Waals surface area contributed by atoms with Crippen LogP contribution in [0.1, 0.15) is 38.8 Å². The van der Waals surface area contributed by atoms with Gasteiger partial charge < -0.3 is 20.1 Å². The molecule has 0 atom stereocenters. The number of nitrogens with one attached hydrogen (secondary N) is 2. The van der Waals surface area contributed by atoms with E-state index < -0.39 is 0 Å². The molecule has 0 aliphatic heterocycles. The molecule has 0 unspecified atom stereocenters. The Bertz CT molecular complexity index is 789. The Hall–Kier alpha value is -2.05. The zero-order valence-electron chi connectivity index (χ0n) is 17.7. The van der Waals surface area contributed by atoms with Crippen LogP contribution < -0.4 is 20.1 Å². The Morgan fingerprint density at radius 1 is 1.07 bits per heavy atom. The second-order valence-corrected chi connectivity index (χ2v) is 8.68. The molecule has 0 spiro atoms. The van der Waals surface area contributed by atoms with Gasteiger partial charge in [-0.25, -0.2) is 0 Å². The average Bonchev–Trinajstić information content (AvgIpc) is 2.65. The number of rotatable bonds is 10. The van der Waals surface area contributed by atoms with Crippen LogP contribution in [0.2, 0.25) is 0 Å². The van der Waals surface area contributed by atoms with Crippen LogP contribution in [0, 0.1) is 0 Å². The number of hydrogen-bond acceptors (Lipinski definition) is 4. The molecule has 2 aromatic carbocycles. The maximum absolute atomic E-state index is 12.0. The van der Waals surface area contributed by atoms with Gasteiger partial charge in [-0.15, -0.1) is 0 Å². The van der Waals surface area contributed by atoms with Crippen LogP contribution in [0.15, 0.2) is 46.9 Å². The van der Waals surface area contributed by atoms with Crippen molar-refractivity contribution >= 4 is 21.8 Å². The first-order chi connectivity index (χ1) is 13.8. The van der Waals surface area contributed by atoms with Crippen LogP contribution in [0.3, 0.4) is 0 Å². The minimum Gasteiger partial charge on any atom is -0.490 e. The molecule has 2 rings (SSSR count). The highest BCUT2D eigenvalue weighted by Gasteiger charge is 2.16. The summed E-state index contributed by atoms with van der Waals surface area (Å²) in [5, 5.41) is 6.35. The Morgan fingerprint density at radius 3 is 2.41 bits per heavy atom. The quantitative estimate of drug-likeness (QED) is 0.511. The predicted octanol–water partition coefficient (Wildman–Crippen LogP) is 4.47. The summed E-state index contributed by atoms with van der Waals surface area (Å²) in [7, 11) is 0. The van der Waals surface area contributed by atoms with Crippen molar-refractivity contribution in [2.24, 2.45) is 0 Å². The van der Waals surface area contributed by atoms with Crippen molar-refractivity contribution in [3.63, 3.8) is 0 Å². The molecule has 6 heteroatoms. The number of halogens is 1. The van der Waals surface area contributed by atoms with Crippen LogP contribution in [0.4, 0.5) is 0 Å². The summed E-state index contributed by atoms with van der Waals surface area (Å²) in [5.74, 6) is 1.03. The number of carbonyl (C=O) groups is 1. The van der Waals surface area contributed by atoms with Gasteiger partial charge in [0.05, 0.1) is 6.61 Å². The van der Waals surface area contributed by atoms with Gasteiger partial charge in [-0.05, 0) is 63.9 Å². The summed E-state index contributed by atoms with van der Waals surface area (Å²) in [6, 6.07) is 14.2. The summed E-state index contributed by atoms with van der Waals surface area (Å²) in [4.78, 5) is 12.0. The van der Waals surface area contributed by atoms with E-state index in [-0.39, 0.29) is 18.1 Å². The highest BCUT2D eigenvalue weighted by Crippen LogP contribution is 2.34. The molecule has 2 N–H and O–H groups in total. The monoisotopic (exact) mass is 462 g/mol. The van der Waals surface area contributed by atoms with E-state index in [1.807, 2.05) is 45.9 Å². The summed E-state index contributed by atoms with van der Waals surface area (Å²) in [5.41, 5.74) is 2.10. The lowest BCUT2D eigenvalue weighted by molar-refractivity contribution is -0.124. The van der Waals surface area contributed by atoms with Crippen molar-refractivity contribution in [1.82, 2.24) is 10.6 Å². The number of benzene rings is 2. The first-order valence-electron chi connectivity index (χ1n) is 9.92. The maximum Gasteiger partial charge on any atom is 0.258 e. The lowest BCUT2D eigenvalue weighted by Crippen LogP contribution is -2.43.